The zero-order valence-electron chi connectivity index (χ0n) is 12.8. The monoisotopic (exact) mass is 324 g/mol. The number of rotatable bonds is 5. The predicted molar refractivity (Wildman–Crippen MR) is 89.6 cm³/mol. The van der Waals surface area contributed by atoms with Crippen molar-refractivity contribution in [3.05, 3.63) is 36.0 Å². The fourth-order valence-electron chi connectivity index (χ4n) is 2.61. The molecule has 4 N–H and O–H groups in total. The van der Waals surface area contributed by atoms with Gasteiger partial charge in [0.1, 0.15) is 5.82 Å². The SMILES string of the molecule is O=C(O)c1cccc(Nc2nc(NC3CCC3)c3cn[nH]c3n2)c1. The van der Waals surface area contributed by atoms with Gasteiger partial charge in [0.05, 0.1) is 17.1 Å². The number of nitrogens with zero attached hydrogens (tertiary/aromatic N) is 3. The lowest BCUT2D eigenvalue weighted by Crippen LogP contribution is -2.27. The number of H-pyrrole nitrogens is 1. The molecule has 3 aromatic rings. The van der Waals surface area contributed by atoms with E-state index in [0.29, 0.717) is 23.3 Å². The van der Waals surface area contributed by atoms with Crippen LogP contribution in [0.2, 0.25) is 0 Å². The van der Waals surface area contributed by atoms with Gasteiger partial charge in [0.15, 0.2) is 5.65 Å². The fourth-order valence-corrected chi connectivity index (χ4v) is 2.61. The van der Waals surface area contributed by atoms with Gasteiger partial charge in [0.25, 0.3) is 0 Å². The Balaban J connectivity index is 1.66. The van der Waals surface area contributed by atoms with Crippen molar-refractivity contribution in [3.8, 4) is 0 Å². The largest absolute Gasteiger partial charge is 0.478 e. The Morgan fingerprint density at radius 1 is 1.29 bits per heavy atom. The molecule has 122 valence electrons. The smallest absolute Gasteiger partial charge is 0.335 e. The van der Waals surface area contributed by atoms with Crippen molar-refractivity contribution in [2.45, 2.75) is 25.3 Å². The number of anilines is 3. The van der Waals surface area contributed by atoms with Gasteiger partial charge in [-0.2, -0.15) is 15.1 Å². The number of carboxylic acid groups (broad SMARTS) is 1. The van der Waals surface area contributed by atoms with Crippen LogP contribution in [0.4, 0.5) is 17.5 Å². The van der Waals surface area contributed by atoms with Crippen molar-refractivity contribution in [1.82, 2.24) is 20.2 Å². The minimum Gasteiger partial charge on any atom is -0.478 e. The molecular formula is C16H16N6O2. The second-order valence-electron chi connectivity index (χ2n) is 5.81. The van der Waals surface area contributed by atoms with Crippen LogP contribution in [0.15, 0.2) is 30.5 Å². The number of fused-ring (bicyclic) bond motifs is 1. The summed E-state index contributed by atoms with van der Waals surface area (Å²) in [7, 11) is 0. The number of aromatic nitrogens is 4. The van der Waals surface area contributed by atoms with Crippen LogP contribution < -0.4 is 10.6 Å². The van der Waals surface area contributed by atoms with E-state index in [0.717, 1.165) is 24.0 Å². The van der Waals surface area contributed by atoms with E-state index < -0.39 is 5.97 Å². The van der Waals surface area contributed by atoms with Crippen LogP contribution in [0.5, 0.6) is 0 Å². The predicted octanol–water partition coefficient (Wildman–Crippen LogP) is 2.76. The third kappa shape index (κ3) is 2.73. The second kappa shape index (κ2) is 5.80. The normalized spacial score (nSPS) is 14.3. The molecule has 24 heavy (non-hydrogen) atoms. The zero-order chi connectivity index (χ0) is 16.5. The topological polar surface area (TPSA) is 116 Å². The van der Waals surface area contributed by atoms with Crippen LogP contribution in [0.1, 0.15) is 29.6 Å². The molecule has 1 saturated carbocycles. The third-order valence-electron chi connectivity index (χ3n) is 4.12. The van der Waals surface area contributed by atoms with Crippen molar-refractivity contribution in [1.29, 1.82) is 0 Å². The quantitative estimate of drug-likeness (QED) is 0.570. The molecule has 0 spiro atoms. The Morgan fingerprint density at radius 2 is 2.17 bits per heavy atom. The Hall–Kier alpha value is -3.16. The van der Waals surface area contributed by atoms with Gasteiger partial charge in [0.2, 0.25) is 5.95 Å². The minimum atomic E-state index is -0.976. The molecule has 0 saturated heterocycles. The first-order valence-corrected chi connectivity index (χ1v) is 7.77. The standard InChI is InChI=1S/C16H16N6O2/c23-15(24)9-3-1-6-11(7-9)19-16-20-13(18-10-4-2-5-10)12-8-17-22-14(12)21-16/h1,3,6-8,10H,2,4-5H2,(H,23,24)(H3,17,18,19,20,21,22). The molecule has 0 amide bonds. The lowest BCUT2D eigenvalue weighted by molar-refractivity contribution is 0.0697. The van der Waals surface area contributed by atoms with Crippen molar-refractivity contribution in [3.63, 3.8) is 0 Å². The van der Waals surface area contributed by atoms with E-state index in [1.165, 1.54) is 12.5 Å². The summed E-state index contributed by atoms with van der Waals surface area (Å²) in [5.74, 6) is 0.141. The van der Waals surface area contributed by atoms with E-state index in [1.54, 1.807) is 24.4 Å². The number of aromatic amines is 1. The number of nitrogens with one attached hydrogen (secondary N) is 3. The lowest BCUT2D eigenvalue weighted by atomic mass is 9.93. The van der Waals surface area contributed by atoms with Gasteiger partial charge in [-0.1, -0.05) is 6.07 Å². The molecule has 1 aliphatic rings. The number of hydrogen-bond donors (Lipinski definition) is 4. The van der Waals surface area contributed by atoms with E-state index in [-0.39, 0.29) is 5.56 Å². The van der Waals surface area contributed by atoms with Gasteiger partial charge >= 0.3 is 5.97 Å². The van der Waals surface area contributed by atoms with Crippen LogP contribution in [0.25, 0.3) is 11.0 Å². The summed E-state index contributed by atoms with van der Waals surface area (Å²) in [6, 6.07) is 6.96. The van der Waals surface area contributed by atoms with E-state index in [1.807, 2.05) is 0 Å². The van der Waals surface area contributed by atoms with E-state index in [4.69, 9.17) is 5.11 Å². The highest BCUT2D eigenvalue weighted by atomic mass is 16.4. The van der Waals surface area contributed by atoms with Crippen LogP contribution >= 0.6 is 0 Å². The molecule has 2 heterocycles. The first-order chi connectivity index (χ1) is 11.7. The van der Waals surface area contributed by atoms with Gasteiger partial charge in [-0.15, -0.1) is 0 Å². The average molecular weight is 324 g/mol. The Bertz CT molecular complexity index is 902. The molecule has 0 atom stereocenters. The van der Waals surface area contributed by atoms with Crippen LogP contribution in [-0.4, -0.2) is 37.3 Å². The van der Waals surface area contributed by atoms with E-state index in [9.17, 15) is 4.79 Å². The molecule has 1 fully saturated rings. The molecule has 0 aliphatic heterocycles. The van der Waals surface area contributed by atoms with Crippen molar-refractivity contribution < 1.29 is 9.90 Å². The van der Waals surface area contributed by atoms with Crippen molar-refractivity contribution >= 4 is 34.5 Å². The van der Waals surface area contributed by atoms with Gasteiger partial charge in [-0.25, -0.2) is 4.79 Å². The van der Waals surface area contributed by atoms with E-state index >= 15 is 0 Å². The van der Waals surface area contributed by atoms with E-state index in [2.05, 4.69) is 30.8 Å². The highest BCUT2D eigenvalue weighted by molar-refractivity contribution is 5.89. The summed E-state index contributed by atoms with van der Waals surface area (Å²) in [6.45, 7) is 0. The van der Waals surface area contributed by atoms with Gasteiger partial charge < -0.3 is 15.7 Å². The molecule has 0 radical (unpaired) electrons. The van der Waals surface area contributed by atoms with Gasteiger partial charge in [0, 0.05) is 11.7 Å². The molecule has 0 bridgehead atoms. The molecule has 0 unspecified atom stereocenters. The average Bonchev–Trinajstić information content (AvgIpc) is 2.99. The Kier molecular flexibility index (Phi) is 3.49. The second-order valence-corrected chi connectivity index (χ2v) is 5.81. The van der Waals surface area contributed by atoms with Crippen LogP contribution in [0, 0.1) is 0 Å². The highest BCUT2D eigenvalue weighted by Crippen LogP contribution is 2.27. The van der Waals surface area contributed by atoms with Crippen LogP contribution in [-0.2, 0) is 0 Å². The summed E-state index contributed by atoms with van der Waals surface area (Å²) in [5.41, 5.74) is 1.45. The number of aromatic carboxylic acids is 1. The number of carboxylic acids is 1. The fraction of sp³-hybridized carbons (Fsp3) is 0.250. The Labute approximate surface area is 137 Å². The molecule has 8 nitrogen and oxygen atoms in total. The third-order valence-corrected chi connectivity index (χ3v) is 4.12. The summed E-state index contributed by atoms with van der Waals surface area (Å²) < 4.78 is 0. The zero-order valence-corrected chi connectivity index (χ0v) is 12.8. The Morgan fingerprint density at radius 3 is 2.92 bits per heavy atom. The molecule has 8 heteroatoms. The summed E-state index contributed by atoms with van der Waals surface area (Å²) in [5, 5.41) is 23.3. The number of carbonyl (C=O) groups is 1. The molecular weight excluding hydrogens is 308 g/mol. The maximum absolute atomic E-state index is 11.1. The molecule has 1 aliphatic carbocycles. The molecule has 1 aromatic carbocycles. The lowest BCUT2D eigenvalue weighted by Gasteiger charge is -2.27. The summed E-state index contributed by atoms with van der Waals surface area (Å²) in [6.07, 6.45) is 5.19. The molecule has 4 rings (SSSR count). The highest BCUT2D eigenvalue weighted by Gasteiger charge is 2.20. The summed E-state index contributed by atoms with van der Waals surface area (Å²) in [4.78, 5) is 20.0. The molecule has 2 aromatic heterocycles. The first-order valence-electron chi connectivity index (χ1n) is 7.77. The number of hydrogen-bond acceptors (Lipinski definition) is 6. The first kappa shape index (κ1) is 14.4. The summed E-state index contributed by atoms with van der Waals surface area (Å²) >= 11 is 0. The minimum absolute atomic E-state index is 0.204. The van der Waals surface area contributed by atoms with Gasteiger partial charge in [-0.05, 0) is 37.5 Å². The van der Waals surface area contributed by atoms with Gasteiger partial charge in [-0.3, -0.25) is 5.10 Å². The van der Waals surface area contributed by atoms with Crippen molar-refractivity contribution in [2.24, 2.45) is 0 Å². The maximum Gasteiger partial charge on any atom is 0.335 e. The number of benzene rings is 1. The maximum atomic E-state index is 11.1. The van der Waals surface area contributed by atoms with Crippen molar-refractivity contribution in [2.75, 3.05) is 10.6 Å². The van der Waals surface area contributed by atoms with Crippen LogP contribution in [0.3, 0.4) is 0 Å².